The third kappa shape index (κ3) is 4.35. The first kappa shape index (κ1) is 17.3. The molecule has 114 valence electrons. The lowest BCUT2D eigenvalue weighted by atomic mass is 10.2. The first-order valence-electron chi connectivity index (χ1n) is 7.04. The number of hydrogen-bond acceptors (Lipinski definition) is 5. The summed E-state index contributed by atoms with van der Waals surface area (Å²) in [5.41, 5.74) is 0.541. The van der Waals surface area contributed by atoms with E-state index in [0.717, 1.165) is 32.0 Å². The molecule has 1 rings (SSSR count). The molecular weight excluding hydrogens is 278 g/mol. The average molecular weight is 308 g/mol. The lowest BCUT2D eigenvalue weighted by Crippen LogP contribution is -2.53. The third-order valence-corrected chi connectivity index (χ3v) is 9.92. The molecule has 0 spiro atoms. The molecule has 1 aliphatic rings. The second-order valence-corrected chi connectivity index (χ2v) is 11.4. The second-order valence-electron chi connectivity index (χ2n) is 5.17. The molecule has 0 saturated carbocycles. The maximum atomic E-state index is 5.71. The van der Waals surface area contributed by atoms with Gasteiger partial charge in [0.15, 0.2) is 0 Å². The van der Waals surface area contributed by atoms with Crippen molar-refractivity contribution in [2.45, 2.75) is 37.8 Å². The third-order valence-electron chi connectivity index (χ3n) is 4.06. The highest BCUT2D eigenvalue weighted by Crippen LogP contribution is 2.28. The van der Waals surface area contributed by atoms with E-state index in [1.165, 1.54) is 6.42 Å². The topological polar surface area (TPSA) is 40.2 Å². The van der Waals surface area contributed by atoms with Crippen LogP contribution < -0.4 is 0 Å². The van der Waals surface area contributed by atoms with Crippen LogP contribution in [0.25, 0.3) is 0 Å². The molecule has 1 unspecified atom stereocenters. The van der Waals surface area contributed by atoms with Crippen molar-refractivity contribution in [3.8, 4) is 0 Å². The van der Waals surface area contributed by atoms with E-state index >= 15 is 0 Å². The fraction of sp³-hybridized carbons (Fsp3) is 1.00. The van der Waals surface area contributed by atoms with Crippen LogP contribution >= 0.6 is 0 Å². The first-order chi connectivity index (χ1) is 9.13. The summed E-state index contributed by atoms with van der Waals surface area (Å²) in [5, 5.41) is 0. The lowest BCUT2D eigenvalue weighted by Gasteiger charge is -2.32. The Labute approximate surface area is 120 Å². The highest BCUT2D eigenvalue weighted by molar-refractivity contribution is 6.65. The van der Waals surface area contributed by atoms with E-state index in [1.807, 2.05) is 0 Å². The normalized spacial score (nSPS) is 21.2. The van der Waals surface area contributed by atoms with Gasteiger partial charge in [0.2, 0.25) is 0 Å². The fourth-order valence-electron chi connectivity index (χ4n) is 2.95. The standard InChI is InChI=1S/C12H29NO4Si2/c1-12(18(14-2)15-3)8-6-9-13-10-7-11-19(13,16-4)17-5/h12,18H,6-11H2,1-5H3. The number of nitrogens with zero attached hydrogens (tertiary/aromatic N) is 1. The summed E-state index contributed by atoms with van der Waals surface area (Å²) in [6.45, 7) is 4.40. The molecule has 0 radical (unpaired) electrons. The maximum Gasteiger partial charge on any atom is 0.427 e. The SMILES string of the molecule is CO[SiH](OC)C(C)CCCN1CCC[Si]1(OC)OC. The van der Waals surface area contributed by atoms with Crippen LogP contribution in [0.2, 0.25) is 11.6 Å². The second kappa shape index (κ2) is 8.50. The van der Waals surface area contributed by atoms with Crippen molar-refractivity contribution in [2.24, 2.45) is 0 Å². The molecule has 0 aromatic rings. The van der Waals surface area contributed by atoms with Crippen LogP contribution in [0.1, 0.15) is 26.2 Å². The molecule has 0 aromatic heterocycles. The summed E-state index contributed by atoms with van der Waals surface area (Å²) >= 11 is 0. The summed E-state index contributed by atoms with van der Waals surface area (Å²) in [6.07, 6.45) is 3.49. The van der Waals surface area contributed by atoms with E-state index in [-0.39, 0.29) is 0 Å². The monoisotopic (exact) mass is 307 g/mol. The zero-order chi connectivity index (χ0) is 14.3. The smallest absolute Gasteiger partial charge is 0.400 e. The Kier molecular flexibility index (Phi) is 7.74. The predicted octanol–water partition coefficient (Wildman–Crippen LogP) is 1.61. The van der Waals surface area contributed by atoms with Crippen molar-refractivity contribution >= 4 is 18.0 Å². The quantitative estimate of drug-likeness (QED) is 0.605. The molecule has 0 bridgehead atoms. The zero-order valence-corrected chi connectivity index (χ0v) is 15.1. The fourth-order valence-corrected chi connectivity index (χ4v) is 7.59. The van der Waals surface area contributed by atoms with Crippen LogP contribution in [-0.4, -0.2) is 64.1 Å². The minimum absolute atomic E-state index is 0.541. The molecule has 0 amide bonds. The Hall–Kier alpha value is 0.234. The molecule has 7 heteroatoms. The summed E-state index contributed by atoms with van der Waals surface area (Å²) in [4.78, 5) is 0. The van der Waals surface area contributed by atoms with E-state index < -0.39 is 18.0 Å². The van der Waals surface area contributed by atoms with Crippen LogP contribution in [0, 0.1) is 0 Å². The van der Waals surface area contributed by atoms with Crippen LogP contribution in [0.3, 0.4) is 0 Å². The van der Waals surface area contributed by atoms with Gasteiger partial charge < -0.3 is 17.7 Å². The van der Waals surface area contributed by atoms with Gasteiger partial charge in [0.1, 0.15) is 0 Å². The predicted molar refractivity (Wildman–Crippen MR) is 80.6 cm³/mol. The zero-order valence-electron chi connectivity index (χ0n) is 13.0. The Morgan fingerprint density at radius 2 is 1.79 bits per heavy atom. The van der Waals surface area contributed by atoms with Crippen LogP contribution in [0.15, 0.2) is 0 Å². The van der Waals surface area contributed by atoms with Gasteiger partial charge in [0, 0.05) is 34.5 Å². The molecular formula is C12H29NO4Si2. The maximum absolute atomic E-state index is 5.71. The number of rotatable bonds is 9. The van der Waals surface area contributed by atoms with Crippen molar-refractivity contribution in [1.29, 1.82) is 0 Å². The molecule has 0 N–H and O–H groups in total. The summed E-state index contributed by atoms with van der Waals surface area (Å²) in [7, 11) is 3.57. The van der Waals surface area contributed by atoms with Crippen LogP contribution in [0.5, 0.6) is 0 Å². The first-order valence-corrected chi connectivity index (χ1v) is 10.6. The van der Waals surface area contributed by atoms with Gasteiger partial charge in [-0.2, -0.15) is 0 Å². The summed E-state index contributed by atoms with van der Waals surface area (Å²) in [5.74, 6) is 0. The van der Waals surface area contributed by atoms with Crippen LogP contribution in [0.4, 0.5) is 0 Å². The minimum atomic E-state index is -2.04. The van der Waals surface area contributed by atoms with E-state index in [0.29, 0.717) is 5.54 Å². The number of hydrogen-bond donors (Lipinski definition) is 0. The van der Waals surface area contributed by atoms with E-state index in [4.69, 9.17) is 17.7 Å². The van der Waals surface area contributed by atoms with Gasteiger partial charge in [0.25, 0.3) is 0 Å². The van der Waals surface area contributed by atoms with Gasteiger partial charge >= 0.3 is 18.0 Å². The van der Waals surface area contributed by atoms with Gasteiger partial charge in [0.05, 0.1) is 0 Å². The van der Waals surface area contributed by atoms with Crippen molar-refractivity contribution in [1.82, 2.24) is 4.57 Å². The summed E-state index contributed by atoms with van der Waals surface area (Å²) in [6, 6.07) is 1.09. The molecule has 0 aromatic carbocycles. The molecule has 19 heavy (non-hydrogen) atoms. The van der Waals surface area contributed by atoms with Crippen molar-refractivity contribution in [2.75, 3.05) is 41.5 Å². The molecule has 1 aliphatic heterocycles. The Bertz CT molecular complexity index is 250. The van der Waals surface area contributed by atoms with Crippen molar-refractivity contribution < 1.29 is 17.7 Å². The van der Waals surface area contributed by atoms with E-state index in [1.54, 1.807) is 28.4 Å². The van der Waals surface area contributed by atoms with E-state index in [9.17, 15) is 0 Å². The summed E-state index contributed by atoms with van der Waals surface area (Å²) < 4.78 is 24.7. The van der Waals surface area contributed by atoms with Gasteiger partial charge in [-0.25, -0.2) is 0 Å². The molecule has 1 saturated heterocycles. The molecule has 1 heterocycles. The van der Waals surface area contributed by atoms with Crippen molar-refractivity contribution in [3.63, 3.8) is 0 Å². The van der Waals surface area contributed by atoms with Gasteiger partial charge in [-0.05, 0) is 37.9 Å². The van der Waals surface area contributed by atoms with Gasteiger partial charge in [-0.3, -0.25) is 4.57 Å². The highest BCUT2D eigenvalue weighted by Gasteiger charge is 2.46. The minimum Gasteiger partial charge on any atom is -0.400 e. The van der Waals surface area contributed by atoms with Gasteiger partial charge in [-0.1, -0.05) is 6.92 Å². The molecule has 5 nitrogen and oxygen atoms in total. The average Bonchev–Trinajstić information content (AvgIpc) is 2.84. The largest absolute Gasteiger partial charge is 0.427 e. The Morgan fingerprint density at radius 1 is 1.16 bits per heavy atom. The Morgan fingerprint density at radius 3 is 2.32 bits per heavy atom. The van der Waals surface area contributed by atoms with Gasteiger partial charge in [-0.15, -0.1) is 0 Å². The lowest BCUT2D eigenvalue weighted by molar-refractivity contribution is 0.180. The molecule has 0 aliphatic carbocycles. The van der Waals surface area contributed by atoms with Crippen molar-refractivity contribution in [3.05, 3.63) is 0 Å². The molecule has 1 atom stereocenters. The highest BCUT2D eigenvalue weighted by atomic mass is 28.4. The van der Waals surface area contributed by atoms with E-state index in [2.05, 4.69) is 11.5 Å². The van der Waals surface area contributed by atoms with Crippen LogP contribution in [-0.2, 0) is 17.7 Å². The Balaban J connectivity index is 2.36. The molecule has 1 fully saturated rings.